The largest absolute Gasteiger partial charge is 0.370 e. The van der Waals surface area contributed by atoms with E-state index in [-0.39, 0.29) is 12.6 Å². The maximum Gasteiger partial charge on any atom is 0.0939 e. The zero-order chi connectivity index (χ0) is 10.7. The second-order valence-electron chi connectivity index (χ2n) is 3.94. The third kappa shape index (κ3) is 2.48. The van der Waals surface area contributed by atoms with E-state index in [0.29, 0.717) is 0 Å². The van der Waals surface area contributed by atoms with Gasteiger partial charge < -0.3 is 4.90 Å². The Hall–Kier alpha value is -0.640. The molecule has 0 radical (unpaired) electrons. The minimum absolute atomic E-state index is 0.193. The third-order valence-electron chi connectivity index (χ3n) is 2.83. The van der Waals surface area contributed by atoms with Crippen molar-refractivity contribution >= 4 is 21.6 Å². The summed E-state index contributed by atoms with van der Waals surface area (Å²) in [5, 5.41) is 0. The number of nitrogens with zero attached hydrogens (tertiary/aromatic N) is 2. The molecule has 0 N–H and O–H groups in total. The van der Waals surface area contributed by atoms with E-state index in [4.69, 9.17) is 0 Å². The lowest BCUT2D eigenvalue weighted by Gasteiger charge is -2.33. The van der Waals surface area contributed by atoms with Crippen molar-refractivity contribution in [3.8, 4) is 0 Å². The van der Waals surface area contributed by atoms with Crippen LogP contribution in [0, 0.1) is 5.92 Å². The fourth-order valence-electron chi connectivity index (χ4n) is 2.03. The van der Waals surface area contributed by atoms with E-state index >= 15 is 0 Å². The van der Waals surface area contributed by atoms with Gasteiger partial charge >= 0.3 is 0 Å². The summed E-state index contributed by atoms with van der Waals surface area (Å²) in [4.78, 5) is 6.27. The monoisotopic (exact) mass is 272 g/mol. The van der Waals surface area contributed by atoms with Gasteiger partial charge in [0.15, 0.2) is 0 Å². The lowest BCUT2D eigenvalue weighted by atomic mass is 9.99. The van der Waals surface area contributed by atoms with E-state index in [0.717, 1.165) is 36.1 Å². The molecular weight excluding hydrogens is 259 g/mol. The van der Waals surface area contributed by atoms with Gasteiger partial charge in [0.2, 0.25) is 0 Å². The zero-order valence-electron chi connectivity index (χ0n) is 8.50. The van der Waals surface area contributed by atoms with Crippen molar-refractivity contribution in [3.05, 3.63) is 22.9 Å². The molecular formula is C11H14BrFN2. The summed E-state index contributed by atoms with van der Waals surface area (Å²) >= 11 is 3.48. The molecule has 0 amide bonds. The second kappa shape index (κ2) is 4.92. The molecule has 82 valence electrons. The van der Waals surface area contributed by atoms with Crippen molar-refractivity contribution < 1.29 is 4.39 Å². The SMILES string of the molecule is FCC1CCCN(c2ccncc2Br)C1. The third-order valence-corrected chi connectivity index (χ3v) is 3.44. The predicted octanol–water partition coefficient (Wildman–Crippen LogP) is 3.03. The quantitative estimate of drug-likeness (QED) is 0.823. The van der Waals surface area contributed by atoms with Crippen LogP contribution in [0.4, 0.5) is 10.1 Å². The molecule has 1 fully saturated rings. The molecule has 0 saturated carbocycles. The molecule has 1 saturated heterocycles. The van der Waals surface area contributed by atoms with Gasteiger partial charge in [-0.1, -0.05) is 0 Å². The molecule has 1 aromatic rings. The molecule has 4 heteroatoms. The molecule has 0 aliphatic carbocycles. The molecule has 2 heterocycles. The van der Waals surface area contributed by atoms with Crippen molar-refractivity contribution in [2.24, 2.45) is 5.92 Å². The Morgan fingerprint density at radius 1 is 1.60 bits per heavy atom. The van der Waals surface area contributed by atoms with Crippen LogP contribution < -0.4 is 4.90 Å². The first kappa shape index (κ1) is 10.9. The molecule has 1 aromatic heterocycles. The van der Waals surface area contributed by atoms with E-state index in [2.05, 4.69) is 25.8 Å². The fraction of sp³-hybridized carbons (Fsp3) is 0.545. The first-order valence-corrected chi connectivity index (χ1v) is 6.01. The number of pyridine rings is 1. The van der Waals surface area contributed by atoms with Gasteiger partial charge in [-0.25, -0.2) is 0 Å². The van der Waals surface area contributed by atoms with Crippen molar-refractivity contribution in [3.63, 3.8) is 0 Å². The Morgan fingerprint density at radius 3 is 3.20 bits per heavy atom. The van der Waals surface area contributed by atoms with Gasteiger partial charge in [-0.05, 0) is 34.8 Å². The van der Waals surface area contributed by atoms with Crippen LogP contribution in [0.3, 0.4) is 0 Å². The van der Waals surface area contributed by atoms with Crippen LogP contribution in [0.5, 0.6) is 0 Å². The molecule has 1 unspecified atom stereocenters. The molecule has 1 aliphatic heterocycles. The number of hydrogen-bond donors (Lipinski definition) is 0. The summed E-state index contributed by atoms with van der Waals surface area (Å²) in [6.07, 6.45) is 5.65. The predicted molar refractivity (Wildman–Crippen MR) is 62.8 cm³/mol. The normalized spacial score (nSPS) is 21.7. The number of anilines is 1. The molecule has 2 rings (SSSR count). The Balaban J connectivity index is 2.13. The highest BCUT2D eigenvalue weighted by Crippen LogP contribution is 2.29. The Morgan fingerprint density at radius 2 is 2.47 bits per heavy atom. The molecule has 15 heavy (non-hydrogen) atoms. The lowest BCUT2D eigenvalue weighted by molar-refractivity contribution is 0.316. The van der Waals surface area contributed by atoms with Gasteiger partial charge in [-0.2, -0.15) is 0 Å². The molecule has 1 aliphatic rings. The van der Waals surface area contributed by atoms with Crippen LogP contribution in [0.2, 0.25) is 0 Å². The summed E-state index contributed by atoms with van der Waals surface area (Å²) in [6.45, 7) is 1.62. The summed E-state index contributed by atoms with van der Waals surface area (Å²) in [6, 6.07) is 1.98. The zero-order valence-corrected chi connectivity index (χ0v) is 10.1. The van der Waals surface area contributed by atoms with Crippen LogP contribution in [-0.4, -0.2) is 24.7 Å². The standard InChI is InChI=1S/C11H14BrFN2/c12-10-7-14-4-3-11(10)15-5-1-2-9(6-13)8-15/h3-4,7,9H,1-2,5-6,8H2. The van der Waals surface area contributed by atoms with Gasteiger partial charge in [-0.3, -0.25) is 9.37 Å². The smallest absolute Gasteiger partial charge is 0.0939 e. The van der Waals surface area contributed by atoms with E-state index in [1.54, 1.807) is 12.4 Å². The molecule has 0 aromatic carbocycles. The average Bonchev–Trinajstić information content (AvgIpc) is 2.30. The van der Waals surface area contributed by atoms with Crippen molar-refractivity contribution in [1.82, 2.24) is 4.98 Å². The van der Waals surface area contributed by atoms with Gasteiger partial charge in [0.05, 0.1) is 16.8 Å². The van der Waals surface area contributed by atoms with E-state index in [1.807, 2.05) is 6.07 Å². The van der Waals surface area contributed by atoms with Crippen LogP contribution in [0.25, 0.3) is 0 Å². The van der Waals surface area contributed by atoms with Gasteiger partial charge in [0.1, 0.15) is 0 Å². The maximum absolute atomic E-state index is 12.6. The number of aromatic nitrogens is 1. The first-order valence-electron chi connectivity index (χ1n) is 5.21. The van der Waals surface area contributed by atoms with Crippen molar-refractivity contribution in [2.45, 2.75) is 12.8 Å². The lowest BCUT2D eigenvalue weighted by Crippen LogP contribution is -2.36. The van der Waals surface area contributed by atoms with Crippen LogP contribution in [0.1, 0.15) is 12.8 Å². The summed E-state index contributed by atoms with van der Waals surface area (Å²) < 4.78 is 13.6. The maximum atomic E-state index is 12.6. The van der Waals surface area contributed by atoms with Gasteiger partial charge in [-0.15, -0.1) is 0 Å². The van der Waals surface area contributed by atoms with Crippen LogP contribution in [0.15, 0.2) is 22.9 Å². The van der Waals surface area contributed by atoms with E-state index < -0.39 is 0 Å². The minimum Gasteiger partial charge on any atom is -0.370 e. The molecule has 2 nitrogen and oxygen atoms in total. The highest BCUT2D eigenvalue weighted by molar-refractivity contribution is 9.10. The summed E-state index contributed by atoms with van der Waals surface area (Å²) in [5.41, 5.74) is 1.13. The number of halogens is 2. The topological polar surface area (TPSA) is 16.1 Å². The van der Waals surface area contributed by atoms with Gasteiger partial charge in [0, 0.05) is 31.4 Å². The highest BCUT2D eigenvalue weighted by atomic mass is 79.9. The minimum atomic E-state index is -0.209. The van der Waals surface area contributed by atoms with Crippen molar-refractivity contribution in [1.29, 1.82) is 0 Å². The Bertz CT molecular complexity index is 332. The summed E-state index contributed by atoms with van der Waals surface area (Å²) in [7, 11) is 0. The Labute approximate surface area is 97.6 Å². The molecule has 1 atom stereocenters. The molecule has 0 bridgehead atoms. The number of alkyl halides is 1. The van der Waals surface area contributed by atoms with Crippen LogP contribution >= 0.6 is 15.9 Å². The Kier molecular flexibility index (Phi) is 3.57. The highest BCUT2D eigenvalue weighted by Gasteiger charge is 2.21. The average molecular weight is 273 g/mol. The number of hydrogen-bond acceptors (Lipinski definition) is 2. The summed E-state index contributed by atoms with van der Waals surface area (Å²) in [5.74, 6) is 0.193. The van der Waals surface area contributed by atoms with Crippen molar-refractivity contribution in [2.75, 3.05) is 24.7 Å². The number of piperidine rings is 1. The molecule has 0 spiro atoms. The van der Waals surface area contributed by atoms with E-state index in [1.165, 1.54) is 0 Å². The van der Waals surface area contributed by atoms with Crippen LogP contribution in [-0.2, 0) is 0 Å². The fourth-order valence-corrected chi connectivity index (χ4v) is 2.54. The van der Waals surface area contributed by atoms with E-state index in [9.17, 15) is 4.39 Å². The second-order valence-corrected chi connectivity index (χ2v) is 4.79. The number of rotatable bonds is 2. The first-order chi connectivity index (χ1) is 7.31. The van der Waals surface area contributed by atoms with Gasteiger partial charge in [0.25, 0.3) is 0 Å².